The Bertz CT molecular complexity index is 1510. The van der Waals surface area contributed by atoms with E-state index in [1.165, 1.54) is 23.5 Å². The summed E-state index contributed by atoms with van der Waals surface area (Å²) in [5.41, 5.74) is 2.80. The van der Waals surface area contributed by atoms with Crippen LogP contribution in [0.3, 0.4) is 0 Å². The van der Waals surface area contributed by atoms with Crippen molar-refractivity contribution in [3.63, 3.8) is 0 Å². The molecule has 4 aromatic rings. The third-order valence-electron chi connectivity index (χ3n) is 5.18. The van der Waals surface area contributed by atoms with Crippen molar-refractivity contribution in [2.24, 2.45) is 0 Å². The van der Waals surface area contributed by atoms with Gasteiger partial charge in [-0.15, -0.1) is 11.3 Å². The van der Waals surface area contributed by atoms with Crippen molar-refractivity contribution in [1.82, 2.24) is 9.29 Å². The Hall–Kier alpha value is -2.27. The van der Waals surface area contributed by atoms with Gasteiger partial charge in [-0.25, -0.2) is 13.4 Å². The van der Waals surface area contributed by atoms with Gasteiger partial charge in [-0.2, -0.15) is 4.31 Å². The molecule has 6 nitrogen and oxygen atoms in total. The molecule has 0 saturated carbocycles. The molecule has 1 aromatic heterocycles. The Kier molecular flexibility index (Phi) is 8.49. The van der Waals surface area contributed by atoms with Crippen LogP contribution in [-0.4, -0.2) is 30.2 Å². The predicted octanol–water partition coefficient (Wildman–Crippen LogP) is 7.02. The first kappa shape index (κ1) is 26.8. The van der Waals surface area contributed by atoms with Crippen LogP contribution in [0, 0.1) is 6.92 Å². The van der Waals surface area contributed by atoms with E-state index in [2.05, 4.69) is 26.2 Å². The van der Waals surface area contributed by atoms with E-state index >= 15 is 0 Å². The molecule has 0 unspecified atom stereocenters. The van der Waals surface area contributed by atoms with Crippen molar-refractivity contribution in [1.29, 1.82) is 0 Å². The highest BCUT2D eigenvalue weighted by Gasteiger charge is 2.27. The molecule has 4 rings (SSSR count). The number of halogens is 3. The van der Waals surface area contributed by atoms with Crippen LogP contribution in [-0.2, 0) is 21.4 Å². The van der Waals surface area contributed by atoms with Gasteiger partial charge in [0.2, 0.25) is 15.9 Å². The summed E-state index contributed by atoms with van der Waals surface area (Å²) < 4.78 is 28.8. The maximum Gasteiger partial charge on any atom is 0.243 e. The normalized spacial score (nSPS) is 11.6. The number of amides is 1. The number of hydrogen-bond acceptors (Lipinski definition) is 5. The second-order valence-electron chi connectivity index (χ2n) is 7.86. The number of nitrogens with zero attached hydrogens (tertiary/aromatic N) is 2. The van der Waals surface area contributed by atoms with Gasteiger partial charge in [0.15, 0.2) is 0 Å². The zero-order chi connectivity index (χ0) is 25.9. The van der Waals surface area contributed by atoms with E-state index in [0.717, 1.165) is 25.0 Å². The van der Waals surface area contributed by atoms with Crippen LogP contribution in [0.5, 0.6) is 0 Å². The van der Waals surface area contributed by atoms with Crippen LogP contribution < -0.4 is 5.32 Å². The molecule has 1 amide bonds. The number of aromatic nitrogens is 1. The van der Waals surface area contributed by atoms with Gasteiger partial charge in [-0.1, -0.05) is 57.3 Å². The van der Waals surface area contributed by atoms with Crippen LogP contribution in [0.25, 0.3) is 11.3 Å². The smallest absolute Gasteiger partial charge is 0.243 e. The average molecular weight is 625 g/mol. The molecule has 186 valence electrons. The molecule has 0 saturated heterocycles. The van der Waals surface area contributed by atoms with E-state index in [4.69, 9.17) is 23.2 Å². The van der Waals surface area contributed by atoms with E-state index in [9.17, 15) is 13.2 Å². The van der Waals surface area contributed by atoms with Crippen molar-refractivity contribution in [3.05, 3.63) is 97.2 Å². The molecule has 0 bridgehead atoms. The van der Waals surface area contributed by atoms with Gasteiger partial charge in [-0.05, 0) is 61.0 Å². The largest absolute Gasteiger partial charge is 0.325 e. The number of thiazole rings is 1. The number of benzene rings is 3. The molecule has 0 atom stereocenters. The fourth-order valence-electron chi connectivity index (χ4n) is 3.44. The van der Waals surface area contributed by atoms with Crippen LogP contribution in [0.2, 0.25) is 10.0 Å². The zero-order valence-electron chi connectivity index (χ0n) is 18.9. The number of carbonyl (C=O) groups is 1. The predicted molar refractivity (Wildman–Crippen MR) is 149 cm³/mol. The quantitative estimate of drug-likeness (QED) is 0.229. The van der Waals surface area contributed by atoms with Crippen molar-refractivity contribution < 1.29 is 13.2 Å². The minimum atomic E-state index is -4.01. The molecule has 0 fully saturated rings. The molecule has 3 aromatic carbocycles. The van der Waals surface area contributed by atoms with Crippen molar-refractivity contribution >= 4 is 72.1 Å². The third-order valence-corrected chi connectivity index (χ3v) is 9.02. The number of rotatable bonds is 8. The molecule has 0 spiro atoms. The highest BCUT2D eigenvalue weighted by Crippen LogP contribution is 2.27. The summed E-state index contributed by atoms with van der Waals surface area (Å²) in [4.78, 5) is 17.6. The molecule has 0 aliphatic heterocycles. The summed E-state index contributed by atoms with van der Waals surface area (Å²) >= 11 is 17.0. The molecular formula is C25H20BrCl2N3O3S2. The van der Waals surface area contributed by atoms with Crippen LogP contribution >= 0.6 is 50.5 Å². The van der Waals surface area contributed by atoms with Crippen LogP contribution in [0.1, 0.15) is 10.6 Å². The number of sulfonamides is 1. The van der Waals surface area contributed by atoms with Crippen molar-refractivity contribution in [2.75, 3.05) is 11.9 Å². The fraction of sp³-hybridized carbons (Fsp3) is 0.120. The number of anilines is 1. The Morgan fingerprint density at radius 3 is 2.47 bits per heavy atom. The van der Waals surface area contributed by atoms with Crippen LogP contribution in [0.4, 0.5) is 5.69 Å². The standard InChI is InChI=1S/C25H20BrCl2N3O3S2/c1-16-29-24(15-35-16)18-3-2-4-20(12-18)30-25(32)14-31(13-17-5-10-22(27)23(28)11-17)36(33,34)21-8-6-19(26)7-9-21/h2-12,15H,13-14H2,1H3,(H,30,32). The first-order valence-corrected chi connectivity index (χ1v) is 14.5. The van der Waals surface area contributed by atoms with Gasteiger partial charge in [0.05, 0.1) is 32.2 Å². The second kappa shape index (κ2) is 11.4. The molecule has 0 aliphatic carbocycles. The van der Waals surface area contributed by atoms with E-state index in [-0.39, 0.29) is 11.4 Å². The van der Waals surface area contributed by atoms with Gasteiger partial charge in [-0.3, -0.25) is 4.79 Å². The minimum absolute atomic E-state index is 0.0686. The lowest BCUT2D eigenvalue weighted by Crippen LogP contribution is -2.37. The lowest BCUT2D eigenvalue weighted by molar-refractivity contribution is -0.116. The number of carbonyl (C=O) groups excluding carboxylic acids is 1. The molecule has 0 aliphatic rings. The molecule has 36 heavy (non-hydrogen) atoms. The summed E-state index contributed by atoms with van der Waals surface area (Å²) in [5.74, 6) is -0.484. The minimum Gasteiger partial charge on any atom is -0.325 e. The number of nitrogens with one attached hydrogen (secondary N) is 1. The van der Waals surface area contributed by atoms with E-state index < -0.39 is 22.5 Å². The van der Waals surface area contributed by atoms with Crippen molar-refractivity contribution in [3.8, 4) is 11.3 Å². The van der Waals surface area contributed by atoms with Gasteiger partial charge < -0.3 is 5.32 Å². The van der Waals surface area contributed by atoms with Gasteiger partial charge in [0, 0.05) is 27.6 Å². The highest BCUT2D eigenvalue weighted by atomic mass is 79.9. The topological polar surface area (TPSA) is 79.4 Å². The molecule has 1 N–H and O–H groups in total. The Morgan fingerprint density at radius 2 is 1.81 bits per heavy atom. The summed E-state index contributed by atoms with van der Waals surface area (Å²) in [6.45, 7) is 1.45. The highest BCUT2D eigenvalue weighted by molar-refractivity contribution is 9.10. The lowest BCUT2D eigenvalue weighted by Gasteiger charge is -2.22. The van der Waals surface area contributed by atoms with E-state index in [0.29, 0.717) is 21.3 Å². The maximum atomic E-state index is 13.5. The summed E-state index contributed by atoms with van der Waals surface area (Å²) in [6, 6.07) is 18.4. The van der Waals surface area contributed by atoms with Crippen molar-refractivity contribution in [2.45, 2.75) is 18.4 Å². The van der Waals surface area contributed by atoms with E-state index in [1.807, 2.05) is 24.4 Å². The summed E-state index contributed by atoms with van der Waals surface area (Å²) in [6.07, 6.45) is 0. The third kappa shape index (κ3) is 6.53. The molecular weight excluding hydrogens is 605 g/mol. The van der Waals surface area contributed by atoms with Gasteiger partial charge in [0.25, 0.3) is 0 Å². The molecule has 1 heterocycles. The number of hydrogen-bond donors (Lipinski definition) is 1. The van der Waals surface area contributed by atoms with Gasteiger partial charge >= 0.3 is 0 Å². The van der Waals surface area contributed by atoms with E-state index in [1.54, 1.807) is 42.5 Å². The van der Waals surface area contributed by atoms with Crippen LogP contribution in [0.15, 0.2) is 81.5 Å². The monoisotopic (exact) mass is 623 g/mol. The lowest BCUT2D eigenvalue weighted by atomic mass is 10.1. The first-order valence-electron chi connectivity index (χ1n) is 10.6. The Labute approximate surface area is 232 Å². The average Bonchev–Trinajstić information content (AvgIpc) is 3.28. The molecule has 11 heteroatoms. The SMILES string of the molecule is Cc1nc(-c2cccc(NC(=O)CN(Cc3ccc(Cl)c(Cl)c3)S(=O)(=O)c3ccc(Br)cc3)c2)cs1. The Balaban J connectivity index is 1.59. The summed E-state index contributed by atoms with van der Waals surface area (Å²) in [7, 11) is -4.01. The Morgan fingerprint density at radius 1 is 1.06 bits per heavy atom. The second-order valence-corrected chi connectivity index (χ2v) is 12.6. The fourth-order valence-corrected chi connectivity index (χ4v) is 6.03. The van der Waals surface area contributed by atoms with Gasteiger partial charge in [0.1, 0.15) is 0 Å². The maximum absolute atomic E-state index is 13.5. The first-order chi connectivity index (χ1) is 17.1. The number of aryl methyl sites for hydroxylation is 1. The summed E-state index contributed by atoms with van der Waals surface area (Å²) in [5, 5.41) is 6.35. The zero-order valence-corrected chi connectivity index (χ0v) is 23.6. The molecule has 0 radical (unpaired) electrons.